The van der Waals surface area contributed by atoms with Crippen LogP contribution in [0, 0.1) is 0 Å². The Morgan fingerprint density at radius 2 is 2.17 bits per heavy atom. The third-order valence-electron chi connectivity index (χ3n) is 4.86. The number of aromatic nitrogens is 2. The largest absolute Gasteiger partial charge is 0.394 e. The summed E-state index contributed by atoms with van der Waals surface area (Å²) < 4.78 is 5.28. The smallest absolute Gasteiger partial charge is 0.318 e. The van der Waals surface area contributed by atoms with Crippen LogP contribution >= 0.6 is 23.2 Å². The molecule has 0 radical (unpaired) electrons. The van der Waals surface area contributed by atoms with Gasteiger partial charge in [0.25, 0.3) is 0 Å². The van der Waals surface area contributed by atoms with Crippen molar-refractivity contribution in [1.29, 1.82) is 0 Å². The first-order valence-electron chi connectivity index (χ1n) is 9.62. The first-order chi connectivity index (χ1) is 14.4. The van der Waals surface area contributed by atoms with E-state index in [1.165, 1.54) is 0 Å². The molecule has 162 valence electrons. The van der Waals surface area contributed by atoms with E-state index in [4.69, 9.17) is 27.9 Å². The van der Waals surface area contributed by atoms with Crippen LogP contribution in [0.25, 0.3) is 0 Å². The molecule has 2 aromatic rings. The lowest BCUT2D eigenvalue weighted by atomic mass is 10.1. The van der Waals surface area contributed by atoms with E-state index in [1.54, 1.807) is 30.3 Å². The summed E-state index contributed by atoms with van der Waals surface area (Å²) in [7, 11) is 1.58. The Bertz CT molecular complexity index is 899. The van der Waals surface area contributed by atoms with Gasteiger partial charge in [0.05, 0.1) is 41.5 Å². The molecule has 2 atom stereocenters. The highest BCUT2D eigenvalue weighted by Gasteiger charge is 2.25. The SMILES string of the molecule is COC[C@@H](NC(=O)N1CCc2cnc(N[C@@H](C)CO)nc2C1)c1ccc(Cl)c(Cl)c1. The number of carbonyl (C=O) groups excluding carboxylic acids is 1. The zero-order chi connectivity index (χ0) is 21.7. The highest BCUT2D eigenvalue weighted by atomic mass is 35.5. The molecule has 0 fully saturated rings. The molecular formula is C20H25Cl2N5O3. The van der Waals surface area contributed by atoms with Crippen LogP contribution < -0.4 is 10.6 Å². The van der Waals surface area contributed by atoms with Crippen LogP contribution in [0.1, 0.15) is 29.8 Å². The van der Waals surface area contributed by atoms with Crippen molar-refractivity contribution in [2.45, 2.75) is 32.0 Å². The molecule has 8 nitrogen and oxygen atoms in total. The molecule has 0 bridgehead atoms. The number of carbonyl (C=O) groups is 1. The molecule has 10 heteroatoms. The minimum absolute atomic E-state index is 0.0232. The number of ether oxygens (including phenoxy) is 1. The highest BCUT2D eigenvalue weighted by Crippen LogP contribution is 2.26. The number of rotatable bonds is 7. The Labute approximate surface area is 185 Å². The average molecular weight is 454 g/mol. The van der Waals surface area contributed by atoms with Crippen molar-refractivity contribution in [3.05, 3.63) is 51.3 Å². The van der Waals surface area contributed by atoms with Gasteiger partial charge < -0.3 is 25.4 Å². The minimum atomic E-state index is -0.369. The average Bonchev–Trinajstić information content (AvgIpc) is 2.74. The molecular weight excluding hydrogens is 429 g/mol. The molecule has 1 aliphatic heterocycles. The molecule has 2 amide bonds. The van der Waals surface area contributed by atoms with Gasteiger partial charge in [-0.05, 0) is 36.6 Å². The van der Waals surface area contributed by atoms with Crippen LogP contribution in [-0.4, -0.2) is 58.9 Å². The number of benzene rings is 1. The Balaban J connectivity index is 1.70. The van der Waals surface area contributed by atoms with Crippen LogP contribution in [0.2, 0.25) is 10.0 Å². The summed E-state index contributed by atoms with van der Waals surface area (Å²) in [6.07, 6.45) is 2.44. The Morgan fingerprint density at radius 1 is 1.37 bits per heavy atom. The lowest BCUT2D eigenvalue weighted by Crippen LogP contribution is -2.45. The number of fused-ring (bicyclic) bond motifs is 1. The van der Waals surface area contributed by atoms with E-state index in [0.717, 1.165) is 16.8 Å². The lowest BCUT2D eigenvalue weighted by molar-refractivity contribution is 0.152. The number of urea groups is 1. The molecule has 0 spiro atoms. The van der Waals surface area contributed by atoms with Crippen LogP contribution in [0.4, 0.5) is 10.7 Å². The number of methoxy groups -OCH3 is 1. The van der Waals surface area contributed by atoms with Gasteiger partial charge in [-0.25, -0.2) is 14.8 Å². The third-order valence-corrected chi connectivity index (χ3v) is 5.60. The van der Waals surface area contributed by atoms with Crippen LogP contribution in [0.15, 0.2) is 24.4 Å². The first kappa shape index (κ1) is 22.6. The molecule has 2 heterocycles. The fourth-order valence-electron chi connectivity index (χ4n) is 3.17. The summed E-state index contributed by atoms with van der Waals surface area (Å²) in [4.78, 5) is 23.4. The van der Waals surface area contributed by atoms with Gasteiger partial charge in [-0.15, -0.1) is 0 Å². The molecule has 0 aliphatic carbocycles. The summed E-state index contributed by atoms with van der Waals surface area (Å²) in [5.74, 6) is 0.436. The van der Waals surface area contributed by atoms with E-state index in [9.17, 15) is 9.90 Å². The van der Waals surface area contributed by atoms with E-state index in [0.29, 0.717) is 42.1 Å². The van der Waals surface area contributed by atoms with Crippen molar-refractivity contribution in [2.24, 2.45) is 0 Å². The van der Waals surface area contributed by atoms with Gasteiger partial charge in [0, 0.05) is 25.9 Å². The molecule has 0 unspecified atom stereocenters. The standard InChI is InChI=1S/C20H25Cl2N5O3/c1-12(10-28)24-19-23-8-14-5-6-27(9-17(14)25-19)20(29)26-18(11-30-2)13-3-4-15(21)16(22)7-13/h3-4,7-8,12,18,28H,5-6,9-11H2,1-2H3,(H,26,29)(H,23,24,25)/t12-,18+/m0/s1. The molecule has 0 saturated carbocycles. The van der Waals surface area contributed by atoms with E-state index < -0.39 is 0 Å². The van der Waals surface area contributed by atoms with Crippen molar-refractivity contribution in [2.75, 3.05) is 32.2 Å². The normalized spacial score (nSPS) is 15.3. The number of nitrogens with one attached hydrogen (secondary N) is 2. The van der Waals surface area contributed by atoms with E-state index in [-0.39, 0.29) is 24.7 Å². The van der Waals surface area contributed by atoms with Gasteiger partial charge in [0.2, 0.25) is 5.95 Å². The second kappa shape index (κ2) is 10.3. The van der Waals surface area contributed by atoms with Gasteiger partial charge in [-0.1, -0.05) is 29.3 Å². The zero-order valence-electron chi connectivity index (χ0n) is 16.9. The van der Waals surface area contributed by atoms with Crippen molar-refractivity contribution >= 4 is 35.2 Å². The number of hydrogen-bond donors (Lipinski definition) is 3. The third kappa shape index (κ3) is 5.51. The number of halogens is 2. The van der Waals surface area contributed by atoms with Gasteiger partial charge in [-0.3, -0.25) is 0 Å². The maximum absolute atomic E-state index is 12.9. The van der Waals surface area contributed by atoms with Crippen LogP contribution in [0.5, 0.6) is 0 Å². The van der Waals surface area contributed by atoms with Crippen molar-refractivity contribution in [3.8, 4) is 0 Å². The topological polar surface area (TPSA) is 99.6 Å². The molecule has 30 heavy (non-hydrogen) atoms. The highest BCUT2D eigenvalue weighted by molar-refractivity contribution is 6.42. The quantitative estimate of drug-likeness (QED) is 0.595. The number of nitrogens with zero attached hydrogens (tertiary/aromatic N) is 3. The van der Waals surface area contributed by atoms with E-state index in [2.05, 4.69) is 20.6 Å². The summed E-state index contributed by atoms with van der Waals surface area (Å²) in [6.45, 7) is 3.03. The van der Waals surface area contributed by atoms with E-state index >= 15 is 0 Å². The Kier molecular flexibility index (Phi) is 7.71. The van der Waals surface area contributed by atoms with Gasteiger partial charge in [-0.2, -0.15) is 0 Å². The number of amides is 2. The van der Waals surface area contributed by atoms with Gasteiger partial charge >= 0.3 is 6.03 Å². The number of aliphatic hydroxyl groups is 1. The number of hydrogen-bond acceptors (Lipinski definition) is 6. The second-order valence-corrected chi connectivity index (χ2v) is 8.01. The predicted octanol–water partition coefficient (Wildman–Crippen LogP) is 3.03. The second-order valence-electron chi connectivity index (χ2n) is 7.20. The number of anilines is 1. The summed E-state index contributed by atoms with van der Waals surface area (Å²) in [5.41, 5.74) is 2.61. The van der Waals surface area contributed by atoms with Crippen molar-refractivity contribution < 1.29 is 14.6 Å². The fraction of sp³-hybridized carbons (Fsp3) is 0.450. The van der Waals surface area contributed by atoms with Crippen molar-refractivity contribution in [3.63, 3.8) is 0 Å². The van der Waals surface area contributed by atoms with Crippen LogP contribution in [0.3, 0.4) is 0 Å². The minimum Gasteiger partial charge on any atom is -0.394 e. The van der Waals surface area contributed by atoms with Crippen LogP contribution in [-0.2, 0) is 17.7 Å². The Hall–Kier alpha value is -2.13. The molecule has 0 saturated heterocycles. The molecule has 1 aliphatic rings. The Morgan fingerprint density at radius 3 is 2.87 bits per heavy atom. The predicted molar refractivity (Wildman–Crippen MR) is 116 cm³/mol. The maximum atomic E-state index is 12.9. The lowest BCUT2D eigenvalue weighted by Gasteiger charge is -2.30. The van der Waals surface area contributed by atoms with Gasteiger partial charge in [0.15, 0.2) is 0 Å². The maximum Gasteiger partial charge on any atom is 0.318 e. The molecule has 1 aromatic carbocycles. The summed E-state index contributed by atoms with van der Waals surface area (Å²) in [5, 5.41) is 16.1. The van der Waals surface area contributed by atoms with E-state index in [1.807, 2.05) is 13.0 Å². The molecule has 3 rings (SSSR count). The number of aliphatic hydroxyl groups excluding tert-OH is 1. The molecule has 3 N–H and O–H groups in total. The summed E-state index contributed by atoms with van der Waals surface area (Å²) in [6, 6.07) is 4.50. The molecule has 1 aromatic heterocycles. The first-order valence-corrected chi connectivity index (χ1v) is 10.4. The van der Waals surface area contributed by atoms with Crippen molar-refractivity contribution in [1.82, 2.24) is 20.2 Å². The van der Waals surface area contributed by atoms with Gasteiger partial charge in [0.1, 0.15) is 0 Å². The summed E-state index contributed by atoms with van der Waals surface area (Å²) >= 11 is 12.1. The fourth-order valence-corrected chi connectivity index (χ4v) is 3.48. The zero-order valence-corrected chi connectivity index (χ0v) is 18.4. The monoisotopic (exact) mass is 453 g/mol.